The van der Waals surface area contributed by atoms with Crippen molar-refractivity contribution in [2.24, 2.45) is 5.92 Å². The molecule has 0 aromatic heterocycles. The van der Waals surface area contributed by atoms with Crippen molar-refractivity contribution in [1.29, 1.82) is 0 Å². The fourth-order valence-corrected chi connectivity index (χ4v) is 1.40. The molecule has 0 radical (unpaired) electrons. The monoisotopic (exact) mass is 145 g/mol. The van der Waals surface area contributed by atoms with Crippen molar-refractivity contribution in [3.8, 4) is 0 Å². The van der Waals surface area contributed by atoms with E-state index in [1.807, 2.05) is 6.92 Å². The Morgan fingerprint density at radius 2 is 2.20 bits per heavy atom. The molecule has 1 aliphatic heterocycles. The molecule has 60 valence electrons. The van der Waals surface area contributed by atoms with E-state index >= 15 is 0 Å². The van der Waals surface area contributed by atoms with Crippen molar-refractivity contribution in [2.45, 2.75) is 32.4 Å². The van der Waals surface area contributed by atoms with Gasteiger partial charge in [0.2, 0.25) is 0 Å². The summed E-state index contributed by atoms with van der Waals surface area (Å²) in [5.41, 5.74) is -0.879. The standard InChI is InChI=1S/C8H16FN/c1-3-4-7(2)8(9)5-10-6-8/h7,10H,3-6H2,1-2H3. The highest BCUT2D eigenvalue weighted by molar-refractivity contribution is 4.96. The topological polar surface area (TPSA) is 12.0 Å². The summed E-state index contributed by atoms with van der Waals surface area (Å²) in [6, 6.07) is 0. The van der Waals surface area contributed by atoms with Gasteiger partial charge in [0.05, 0.1) is 0 Å². The van der Waals surface area contributed by atoms with Crippen LogP contribution in [-0.4, -0.2) is 18.8 Å². The molecule has 1 atom stereocenters. The predicted molar refractivity (Wildman–Crippen MR) is 40.8 cm³/mol. The van der Waals surface area contributed by atoms with Gasteiger partial charge < -0.3 is 5.32 Å². The van der Waals surface area contributed by atoms with Gasteiger partial charge in [0.25, 0.3) is 0 Å². The van der Waals surface area contributed by atoms with Crippen LogP contribution in [0.5, 0.6) is 0 Å². The minimum absolute atomic E-state index is 0.235. The Balaban J connectivity index is 2.31. The van der Waals surface area contributed by atoms with Crippen molar-refractivity contribution in [3.05, 3.63) is 0 Å². The smallest absolute Gasteiger partial charge is 0.138 e. The molecule has 10 heavy (non-hydrogen) atoms. The van der Waals surface area contributed by atoms with Gasteiger partial charge in [-0.15, -0.1) is 0 Å². The molecule has 0 aromatic rings. The average molecular weight is 145 g/mol. The van der Waals surface area contributed by atoms with Crippen molar-refractivity contribution in [3.63, 3.8) is 0 Å². The molecule has 1 heterocycles. The van der Waals surface area contributed by atoms with Crippen LogP contribution >= 0.6 is 0 Å². The molecule has 0 aromatic carbocycles. The van der Waals surface area contributed by atoms with Crippen LogP contribution in [-0.2, 0) is 0 Å². The highest BCUT2D eigenvalue weighted by Gasteiger charge is 2.41. The van der Waals surface area contributed by atoms with Gasteiger partial charge in [-0.25, -0.2) is 4.39 Å². The van der Waals surface area contributed by atoms with Crippen LogP contribution < -0.4 is 5.32 Å². The minimum atomic E-state index is -0.879. The van der Waals surface area contributed by atoms with Gasteiger partial charge >= 0.3 is 0 Å². The van der Waals surface area contributed by atoms with E-state index in [1.54, 1.807) is 0 Å². The lowest BCUT2D eigenvalue weighted by molar-refractivity contribution is 0.0277. The Morgan fingerprint density at radius 3 is 2.50 bits per heavy atom. The van der Waals surface area contributed by atoms with Crippen LogP contribution in [0.25, 0.3) is 0 Å². The lowest BCUT2D eigenvalue weighted by Gasteiger charge is -2.39. The normalized spacial score (nSPS) is 25.5. The van der Waals surface area contributed by atoms with Crippen LogP contribution in [0.1, 0.15) is 26.7 Å². The lowest BCUT2D eigenvalue weighted by Crippen LogP contribution is -2.59. The zero-order chi connectivity index (χ0) is 7.61. The van der Waals surface area contributed by atoms with E-state index in [0.717, 1.165) is 12.8 Å². The third-order valence-electron chi connectivity index (χ3n) is 2.44. The van der Waals surface area contributed by atoms with Gasteiger partial charge in [-0.2, -0.15) is 0 Å². The number of nitrogens with one attached hydrogen (secondary N) is 1. The first-order chi connectivity index (χ1) is 4.69. The number of halogens is 1. The predicted octanol–water partition coefficient (Wildman–Crippen LogP) is 1.73. The maximum absolute atomic E-state index is 13.4. The second-order valence-corrected chi connectivity index (χ2v) is 3.33. The molecule has 1 aliphatic rings. The molecule has 0 aliphatic carbocycles. The van der Waals surface area contributed by atoms with E-state index in [2.05, 4.69) is 12.2 Å². The SMILES string of the molecule is CCCC(C)C1(F)CNC1. The summed E-state index contributed by atoms with van der Waals surface area (Å²) in [6.07, 6.45) is 2.10. The molecular formula is C8H16FN. The van der Waals surface area contributed by atoms with Gasteiger partial charge in [0.15, 0.2) is 0 Å². The van der Waals surface area contributed by atoms with E-state index in [1.165, 1.54) is 0 Å². The maximum Gasteiger partial charge on any atom is 0.138 e. The number of hydrogen-bond acceptors (Lipinski definition) is 1. The third-order valence-corrected chi connectivity index (χ3v) is 2.44. The molecule has 0 spiro atoms. The minimum Gasteiger partial charge on any atom is -0.310 e. The van der Waals surface area contributed by atoms with E-state index < -0.39 is 5.67 Å². The Morgan fingerprint density at radius 1 is 1.60 bits per heavy atom. The molecule has 2 heteroatoms. The fourth-order valence-electron chi connectivity index (χ4n) is 1.40. The molecule has 0 saturated carbocycles. The van der Waals surface area contributed by atoms with Gasteiger partial charge in [-0.05, 0) is 12.3 Å². The lowest BCUT2D eigenvalue weighted by atomic mass is 9.83. The fraction of sp³-hybridized carbons (Fsp3) is 1.00. The quantitative estimate of drug-likeness (QED) is 0.637. The Kier molecular flexibility index (Phi) is 2.29. The number of alkyl halides is 1. The molecule has 0 amide bonds. The summed E-state index contributed by atoms with van der Waals surface area (Å²) in [5, 5.41) is 2.97. The first kappa shape index (κ1) is 7.99. The summed E-state index contributed by atoms with van der Waals surface area (Å²) in [4.78, 5) is 0. The summed E-state index contributed by atoms with van der Waals surface area (Å²) < 4.78 is 13.4. The van der Waals surface area contributed by atoms with E-state index in [4.69, 9.17) is 0 Å². The molecule has 1 unspecified atom stereocenters. The summed E-state index contributed by atoms with van der Waals surface area (Å²) >= 11 is 0. The van der Waals surface area contributed by atoms with Gasteiger partial charge in [0.1, 0.15) is 5.67 Å². The van der Waals surface area contributed by atoms with Gasteiger partial charge in [-0.1, -0.05) is 20.3 Å². The Labute approximate surface area is 62.0 Å². The molecular weight excluding hydrogens is 129 g/mol. The molecule has 0 bridgehead atoms. The summed E-state index contributed by atoms with van der Waals surface area (Å²) in [5.74, 6) is 0.235. The van der Waals surface area contributed by atoms with Crippen molar-refractivity contribution in [1.82, 2.24) is 5.32 Å². The zero-order valence-corrected chi connectivity index (χ0v) is 6.78. The van der Waals surface area contributed by atoms with Crippen molar-refractivity contribution >= 4 is 0 Å². The van der Waals surface area contributed by atoms with Crippen molar-refractivity contribution < 1.29 is 4.39 Å². The van der Waals surface area contributed by atoms with Crippen LogP contribution in [0, 0.1) is 5.92 Å². The largest absolute Gasteiger partial charge is 0.310 e. The first-order valence-corrected chi connectivity index (χ1v) is 4.08. The first-order valence-electron chi connectivity index (χ1n) is 4.08. The van der Waals surface area contributed by atoms with E-state index in [-0.39, 0.29) is 5.92 Å². The maximum atomic E-state index is 13.4. The molecule has 1 N–H and O–H groups in total. The average Bonchev–Trinajstić information content (AvgIpc) is 1.83. The third kappa shape index (κ3) is 1.31. The van der Waals surface area contributed by atoms with E-state index in [9.17, 15) is 4.39 Å². The Bertz CT molecular complexity index is 110. The zero-order valence-electron chi connectivity index (χ0n) is 6.78. The summed E-state index contributed by atoms with van der Waals surface area (Å²) in [6.45, 7) is 5.23. The molecule has 1 fully saturated rings. The molecule has 1 saturated heterocycles. The van der Waals surface area contributed by atoms with E-state index in [0.29, 0.717) is 13.1 Å². The second-order valence-electron chi connectivity index (χ2n) is 3.33. The molecule has 1 rings (SSSR count). The molecule has 1 nitrogen and oxygen atoms in total. The van der Waals surface area contributed by atoms with Crippen LogP contribution in [0.3, 0.4) is 0 Å². The second kappa shape index (κ2) is 2.87. The van der Waals surface area contributed by atoms with Crippen LogP contribution in [0.4, 0.5) is 4.39 Å². The van der Waals surface area contributed by atoms with Crippen LogP contribution in [0.2, 0.25) is 0 Å². The van der Waals surface area contributed by atoms with Crippen molar-refractivity contribution in [2.75, 3.05) is 13.1 Å². The van der Waals surface area contributed by atoms with Gasteiger partial charge in [0, 0.05) is 13.1 Å². The summed E-state index contributed by atoms with van der Waals surface area (Å²) in [7, 11) is 0. The highest BCUT2D eigenvalue weighted by Crippen LogP contribution is 2.29. The highest BCUT2D eigenvalue weighted by atomic mass is 19.1. The number of rotatable bonds is 3. The van der Waals surface area contributed by atoms with Crippen LogP contribution in [0.15, 0.2) is 0 Å². The number of hydrogen-bond donors (Lipinski definition) is 1. The van der Waals surface area contributed by atoms with Gasteiger partial charge in [-0.3, -0.25) is 0 Å². The Hall–Kier alpha value is -0.110.